The number of aliphatic hydroxyl groups is 5. The lowest BCUT2D eigenvalue weighted by molar-refractivity contribution is -0.302. The van der Waals surface area contributed by atoms with Crippen LogP contribution < -0.4 is 5.32 Å². The first kappa shape index (κ1) is 85.6. The monoisotopic (exact) mass is 1270 g/mol. The van der Waals surface area contributed by atoms with Crippen molar-refractivity contribution in [3.05, 3.63) is 122 Å². The number of unbranched alkanes of at least 4 members (excludes halogenated alkanes) is 38. The number of ether oxygens (including phenoxy) is 2. The summed E-state index contributed by atoms with van der Waals surface area (Å²) in [6.07, 6.45) is 97.5. The highest BCUT2D eigenvalue weighted by atomic mass is 16.7. The molecule has 1 amide bonds. The molecule has 1 fully saturated rings. The maximum absolute atomic E-state index is 13.2. The van der Waals surface area contributed by atoms with Crippen molar-refractivity contribution in [3.8, 4) is 0 Å². The van der Waals surface area contributed by atoms with Crippen molar-refractivity contribution in [2.24, 2.45) is 0 Å². The van der Waals surface area contributed by atoms with Crippen molar-refractivity contribution in [3.63, 3.8) is 0 Å². The molecule has 9 nitrogen and oxygen atoms in total. The van der Waals surface area contributed by atoms with E-state index in [1.54, 1.807) is 6.08 Å². The number of amides is 1. The molecule has 7 unspecified atom stereocenters. The summed E-state index contributed by atoms with van der Waals surface area (Å²) >= 11 is 0. The molecule has 0 radical (unpaired) electrons. The molecule has 91 heavy (non-hydrogen) atoms. The predicted octanol–water partition coefficient (Wildman–Crippen LogP) is 21.8. The Bertz CT molecular complexity index is 1860. The van der Waals surface area contributed by atoms with Crippen LogP contribution in [0, 0.1) is 0 Å². The van der Waals surface area contributed by atoms with E-state index in [-0.39, 0.29) is 12.5 Å². The first-order valence-electron chi connectivity index (χ1n) is 38.3. The molecule has 1 heterocycles. The van der Waals surface area contributed by atoms with Crippen molar-refractivity contribution < 1.29 is 39.8 Å². The van der Waals surface area contributed by atoms with E-state index >= 15 is 0 Å². The molecule has 7 atom stereocenters. The lowest BCUT2D eigenvalue weighted by atomic mass is 9.99. The van der Waals surface area contributed by atoms with Crippen LogP contribution in [0.4, 0.5) is 0 Å². The molecular formula is C82H143NO8. The van der Waals surface area contributed by atoms with Crippen LogP contribution in [0.25, 0.3) is 0 Å². The van der Waals surface area contributed by atoms with Gasteiger partial charge in [-0.1, -0.05) is 354 Å². The van der Waals surface area contributed by atoms with Gasteiger partial charge in [0.2, 0.25) is 5.91 Å². The third-order valence-corrected chi connectivity index (χ3v) is 17.5. The standard InChI is InChI=1S/C82H143NO8/c1-3-5-7-9-11-13-15-17-19-21-23-25-27-29-31-32-33-34-35-36-37-38-39-40-41-42-43-44-46-48-50-52-54-56-58-60-62-64-66-68-70-72-78(86)83-75(74-90-82-81(89)80(88)79(87)77(73-84)91-82)76(85)71-69-67-65-63-61-59-57-55-53-51-49-47-45-30-28-26-24-22-20-18-16-14-12-10-8-6-4-2/h5,7,11,13,17,19,23,25,29,31,33-34,36-37,39-40,61,63,69,71,75-77,79-82,84-85,87-89H,3-4,6,8-10,12,14-16,18,20-22,24,26-28,30,32,35,38,41-60,62,64-68,70,72-74H2,1-2H3,(H,83,86)/b7-5-,13-11-,19-17-,25-23-,31-29-,34-33-,37-36-,40-39-,63-61+,71-69+. The van der Waals surface area contributed by atoms with Crippen LogP contribution in [0.1, 0.15) is 335 Å². The van der Waals surface area contributed by atoms with Gasteiger partial charge in [0.1, 0.15) is 24.4 Å². The highest BCUT2D eigenvalue weighted by Crippen LogP contribution is 2.23. The van der Waals surface area contributed by atoms with E-state index in [4.69, 9.17) is 9.47 Å². The summed E-state index contributed by atoms with van der Waals surface area (Å²) in [6, 6.07) is -0.830. The minimum atomic E-state index is -1.58. The summed E-state index contributed by atoms with van der Waals surface area (Å²) in [4.78, 5) is 13.2. The van der Waals surface area contributed by atoms with E-state index in [1.165, 1.54) is 225 Å². The highest BCUT2D eigenvalue weighted by Gasteiger charge is 2.44. The lowest BCUT2D eigenvalue weighted by Crippen LogP contribution is -2.60. The summed E-state index contributed by atoms with van der Waals surface area (Å²) in [5, 5.41) is 54.8. The quantitative estimate of drug-likeness (QED) is 0.0261. The molecule has 0 aromatic rings. The number of rotatable bonds is 66. The number of hydrogen-bond donors (Lipinski definition) is 6. The highest BCUT2D eigenvalue weighted by molar-refractivity contribution is 5.76. The smallest absolute Gasteiger partial charge is 0.220 e. The van der Waals surface area contributed by atoms with Crippen molar-refractivity contribution in [2.75, 3.05) is 13.2 Å². The SMILES string of the molecule is CC/C=C\C/C=C\C/C=C\C/C=C\C/C=C\C/C=C\C/C=C\C/C=C\CCCCCCCCCCCCCCCCCCC(=O)NC(COC1OC(CO)C(O)C(O)C1O)C(O)/C=C/CC/C=C/CCCCCCCCCCCCCCCCCCCCCCC. The van der Waals surface area contributed by atoms with Gasteiger partial charge >= 0.3 is 0 Å². The fraction of sp³-hybridized carbons (Fsp3) is 0.744. The molecule has 524 valence electrons. The van der Waals surface area contributed by atoms with E-state index < -0.39 is 49.5 Å². The largest absolute Gasteiger partial charge is 0.394 e. The average molecular weight is 1270 g/mol. The van der Waals surface area contributed by atoms with Crippen molar-refractivity contribution in [1.82, 2.24) is 5.32 Å². The Labute approximate surface area is 560 Å². The van der Waals surface area contributed by atoms with Crippen LogP contribution >= 0.6 is 0 Å². The topological polar surface area (TPSA) is 149 Å². The van der Waals surface area contributed by atoms with E-state index in [0.29, 0.717) is 6.42 Å². The van der Waals surface area contributed by atoms with Crippen LogP contribution in [-0.4, -0.2) is 87.5 Å². The average Bonchev–Trinajstić information content (AvgIpc) is 1.58. The summed E-state index contributed by atoms with van der Waals surface area (Å²) in [7, 11) is 0. The van der Waals surface area contributed by atoms with Gasteiger partial charge in [-0.25, -0.2) is 0 Å². The number of hydrogen-bond acceptors (Lipinski definition) is 8. The molecule has 9 heteroatoms. The molecule has 1 saturated heterocycles. The third-order valence-electron chi connectivity index (χ3n) is 17.5. The fourth-order valence-corrected chi connectivity index (χ4v) is 11.6. The maximum atomic E-state index is 13.2. The maximum Gasteiger partial charge on any atom is 0.220 e. The Balaban J connectivity index is 2.11. The summed E-state index contributed by atoms with van der Waals surface area (Å²) in [5.74, 6) is -0.186. The minimum Gasteiger partial charge on any atom is -0.394 e. The Morgan fingerprint density at radius 2 is 0.692 bits per heavy atom. The second-order valence-corrected chi connectivity index (χ2v) is 26.1. The Kier molecular flexibility index (Phi) is 65.3. The van der Waals surface area contributed by atoms with Crippen LogP contribution in [0.15, 0.2) is 122 Å². The van der Waals surface area contributed by atoms with Crippen molar-refractivity contribution >= 4 is 5.91 Å². The summed E-state index contributed by atoms with van der Waals surface area (Å²) < 4.78 is 11.3. The van der Waals surface area contributed by atoms with E-state index in [9.17, 15) is 30.3 Å². The van der Waals surface area contributed by atoms with Crippen LogP contribution in [0.2, 0.25) is 0 Å². The van der Waals surface area contributed by atoms with Gasteiger partial charge in [0, 0.05) is 6.42 Å². The minimum absolute atomic E-state index is 0.186. The predicted molar refractivity (Wildman–Crippen MR) is 391 cm³/mol. The van der Waals surface area contributed by atoms with Gasteiger partial charge in [-0.2, -0.15) is 0 Å². The molecule has 1 aliphatic rings. The zero-order valence-electron chi connectivity index (χ0n) is 58.8. The molecule has 6 N–H and O–H groups in total. The van der Waals surface area contributed by atoms with Gasteiger partial charge in [-0.3, -0.25) is 4.79 Å². The molecule has 0 spiro atoms. The zero-order chi connectivity index (χ0) is 65.7. The number of allylic oxidation sites excluding steroid dienone is 19. The van der Waals surface area contributed by atoms with Gasteiger partial charge < -0.3 is 40.3 Å². The molecular weight excluding hydrogens is 1130 g/mol. The second-order valence-electron chi connectivity index (χ2n) is 26.1. The molecule has 0 aromatic heterocycles. The lowest BCUT2D eigenvalue weighted by Gasteiger charge is -2.40. The summed E-state index contributed by atoms with van der Waals surface area (Å²) in [6.45, 7) is 3.68. The zero-order valence-corrected chi connectivity index (χ0v) is 58.8. The first-order valence-corrected chi connectivity index (χ1v) is 38.3. The first-order chi connectivity index (χ1) is 44.8. The molecule has 0 saturated carbocycles. The third kappa shape index (κ3) is 57.7. The normalized spacial score (nSPS) is 18.4. The number of aliphatic hydroxyl groups excluding tert-OH is 5. The number of carbonyl (C=O) groups is 1. The van der Waals surface area contributed by atoms with Gasteiger partial charge in [-0.05, 0) is 96.3 Å². The van der Waals surface area contributed by atoms with Gasteiger partial charge in [0.05, 0.1) is 25.4 Å². The van der Waals surface area contributed by atoms with Gasteiger partial charge in [-0.15, -0.1) is 0 Å². The Morgan fingerprint density at radius 1 is 0.385 bits per heavy atom. The van der Waals surface area contributed by atoms with E-state index in [0.717, 1.165) is 89.9 Å². The molecule has 0 bridgehead atoms. The molecule has 1 rings (SSSR count). The van der Waals surface area contributed by atoms with E-state index in [2.05, 4.69) is 129 Å². The Hall–Kier alpha value is -3.41. The molecule has 1 aliphatic heterocycles. The van der Waals surface area contributed by atoms with Crippen molar-refractivity contribution in [2.45, 2.75) is 378 Å². The summed E-state index contributed by atoms with van der Waals surface area (Å²) in [5.41, 5.74) is 0. The van der Waals surface area contributed by atoms with Gasteiger partial charge in [0.15, 0.2) is 6.29 Å². The van der Waals surface area contributed by atoms with Crippen LogP contribution in [0.3, 0.4) is 0 Å². The van der Waals surface area contributed by atoms with Crippen molar-refractivity contribution in [1.29, 1.82) is 0 Å². The fourth-order valence-electron chi connectivity index (χ4n) is 11.6. The van der Waals surface area contributed by atoms with Crippen LogP contribution in [0.5, 0.6) is 0 Å². The Morgan fingerprint density at radius 3 is 1.05 bits per heavy atom. The number of carbonyl (C=O) groups excluding carboxylic acids is 1. The van der Waals surface area contributed by atoms with E-state index in [1.807, 2.05) is 6.08 Å². The van der Waals surface area contributed by atoms with Crippen LogP contribution in [-0.2, 0) is 14.3 Å². The molecule has 0 aliphatic carbocycles. The second kappa shape index (κ2) is 69.4. The van der Waals surface area contributed by atoms with Gasteiger partial charge in [0.25, 0.3) is 0 Å². The number of nitrogens with one attached hydrogen (secondary N) is 1. The molecule has 0 aromatic carbocycles.